The minimum atomic E-state index is -0.274. The third-order valence-corrected chi connectivity index (χ3v) is 13.3. The van der Waals surface area contributed by atoms with Crippen LogP contribution in [0.4, 0.5) is 0 Å². The maximum atomic E-state index is 14.3. The second-order valence-electron chi connectivity index (χ2n) is 15.7. The SMILES string of the molecule is CC1(C)C2CC[C@]3(C)C(C(=O)C=C4[C@@H]5C[C@@](C)(COCCO)CC[C@]5(C)CC[C@]43C)[C@@]2(C)CC[C@@H]1O. The number of fused-ring (bicyclic) bond motifs is 7. The van der Waals surface area contributed by atoms with Crippen molar-refractivity contribution >= 4 is 5.78 Å². The normalized spacial score (nSPS) is 51.9. The van der Waals surface area contributed by atoms with Gasteiger partial charge in [0.05, 0.1) is 25.9 Å². The van der Waals surface area contributed by atoms with E-state index in [-0.39, 0.29) is 51.1 Å². The quantitative estimate of drug-likeness (QED) is 0.442. The van der Waals surface area contributed by atoms with Crippen molar-refractivity contribution in [3.8, 4) is 0 Å². The Labute approximate surface area is 219 Å². The van der Waals surface area contributed by atoms with E-state index in [4.69, 9.17) is 4.74 Å². The van der Waals surface area contributed by atoms with Gasteiger partial charge in [0, 0.05) is 5.92 Å². The minimum Gasteiger partial charge on any atom is -0.394 e. The van der Waals surface area contributed by atoms with Crippen LogP contribution in [0.3, 0.4) is 0 Å². The third-order valence-electron chi connectivity index (χ3n) is 13.3. The smallest absolute Gasteiger partial charge is 0.159 e. The zero-order valence-corrected chi connectivity index (χ0v) is 24.1. The van der Waals surface area contributed by atoms with Crippen LogP contribution in [0.2, 0.25) is 0 Å². The van der Waals surface area contributed by atoms with E-state index in [0.717, 1.165) is 38.5 Å². The van der Waals surface area contributed by atoms with Gasteiger partial charge in [-0.05, 0) is 108 Å². The summed E-state index contributed by atoms with van der Waals surface area (Å²) in [5.41, 5.74) is 1.58. The van der Waals surface area contributed by atoms with Gasteiger partial charge in [0.2, 0.25) is 0 Å². The molecule has 0 amide bonds. The zero-order valence-electron chi connectivity index (χ0n) is 24.1. The number of allylic oxidation sites excluding steroid dienone is 2. The number of rotatable bonds is 4. The molecule has 36 heavy (non-hydrogen) atoms. The summed E-state index contributed by atoms with van der Waals surface area (Å²) in [7, 11) is 0. The third kappa shape index (κ3) is 3.52. The first-order valence-electron chi connectivity index (χ1n) is 14.8. The topological polar surface area (TPSA) is 66.8 Å². The lowest BCUT2D eigenvalue weighted by atomic mass is 9.33. The van der Waals surface area contributed by atoms with Crippen LogP contribution in [0.1, 0.15) is 106 Å². The number of carbonyl (C=O) groups excluding carboxylic acids is 1. The van der Waals surface area contributed by atoms with E-state index >= 15 is 0 Å². The molecule has 0 saturated heterocycles. The summed E-state index contributed by atoms with van der Waals surface area (Å²) in [4.78, 5) is 14.3. The van der Waals surface area contributed by atoms with Crippen molar-refractivity contribution < 1.29 is 19.7 Å². The molecule has 4 saturated carbocycles. The number of carbonyl (C=O) groups is 1. The van der Waals surface area contributed by atoms with Gasteiger partial charge in [-0.3, -0.25) is 4.79 Å². The molecule has 5 aliphatic carbocycles. The van der Waals surface area contributed by atoms with Gasteiger partial charge in [-0.2, -0.15) is 0 Å². The molecule has 9 atom stereocenters. The van der Waals surface area contributed by atoms with Crippen molar-refractivity contribution in [2.24, 2.45) is 50.2 Å². The first-order chi connectivity index (χ1) is 16.7. The maximum absolute atomic E-state index is 14.3. The molecule has 0 radical (unpaired) electrons. The number of ketones is 1. The summed E-state index contributed by atoms with van der Waals surface area (Å²) < 4.78 is 5.87. The van der Waals surface area contributed by atoms with Crippen molar-refractivity contribution in [1.82, 2.24) is 0 Å². The molecule has 2 N–H and O–H groups in total. The molecule has 0 aromatic carbocycles. The van der Waals surface area contributed by atoms with Gasteiger partial charge in [-0.25, -0.2) is 0 Å². The Morgan fingerprint density at radius 1 is 0.944 bits per heavy atom. The van der Waals surface area contributed by atoms with Crippen molar-refractivity contribution in [3.05, 3.63) is 11.6 Å². The Bertz CT molecular complexity index is 938. The van der Waals surface area contributed by atoms with Crippen molar-refractivity contribution in [1.29, 1.82) is 0 Å². The number of aliphatic hydroxyl groups is 2. The fraction of sp³-hybridized carbons (Fsp3) is 0.906. The van der Waals surface area contributed by atoms with E-state index in [1.165, 1.54) is 24.8 Å². The fourth-order valence-corrected chi connectivity index (χ4v) is 10.8. The molecular weight excluding hydrogens is 448 g/mol. The first kappa shape index (κ1) is 26.9. The van der Waals surface area contributed by atoms with Gasteiger partial charge in [-0.1, -0.05) is 54.0 Å². The molecule has 0 heterocycles. The molecule has 4 nitrogen and oxygen atoms in total. The van der Waals surface area contributed by atoms with Crippen molar-refractivity contribution in [3.63, 3.8) is 0 Å². The van der Waals surface area contributed by atoms with E-state index in [1.807, 2.05) is 0 Å². The van der Waals surface area contributed by atoms with E-state index < -0.39 is 0 Å². The van der Waals surface area contributed by atoms with Gasteiger partial charge in [0.15, 0.2) is 5.78 Å². The fourth-order valence-electron chi connectivity index (χ4n) is 10.8. The van der Waals surface area contributed by atoms with Gasteiger partial charge >= 0.3 is 0 Å². The highest BCUT2D eigenvalue weighted by Gasteiger charge is 2.70. The Balaban J connectivity index is 1.55. The van der Waals surface area contributed by atoms with Crippen LogP contribution >= 0.6 is 0 Å². The molecule has 204 valence electrons. The summed E-state index contributed by atoms with van der Waals surface area (Å²) in [6, 6.07) is 0. The molecule has 0 aromatic rings. The predicted molar refractivity (Wildman–Crippen MR) is 143 cm³/mol. The Morgan fingerprint density at radius 3 is 2.33 bits per heavy atom. The Hall–Kier alpha value is -0.710. The van der Waals surface area contributed by atoms with E-state index in [1.54, 1.807) is 0 Å². The largest absolute Gasteiger partial charge is 0.394 e. The summed E-state index contributed by atoms with van der Waals surface area (Å²) in [6.07, 6.45) is 11.6. The minimum absolute atomic E-state index is 0.0359. The Morgan fingerprint density at radius 2 is 1.64 bits per heavy atom. The van der Waals surface area contributed by atoms with E-state index in [9.17, 15) is 15.0 Å². The van der Waals surface area contributed by atoms with Gasteiger partial charge < -0.3 is 14.9 Å². The molecule has 4 fully saturated rings. The first-order valence-corrected chi connectivity index (χ1v) is 14.8. The lowest BCUT2D eigenvalue weighted by Crippen LogP contribution is -2.66. The zero-order chi connectivity index (χ0) is 26.4. The van der Waals surface area contributed by atoms with Gasteiger partial charge in [-0.15, -0.1) is 0 Å². The molecule has 5 rings (SSSR count). The molecule has 5 aliphatic rings. The molecule has 0 spiro atoms. The van der Waals surface area contributed by atoms with Crippen LogP contribution in [0.25, 0.3) is 0 Å². The highest BCUT2D eigenvalue weighted by molar-refractivity contribution is 5.95. The predicted octanol–water partition coefficient (Wildman–Crippen LogP) is 6.34. The lowest BCUT2D eigenvalue weighted by Gasteiger charge is -2.70. The number of aliphatic hydroxyl groups excluding tert-OH is 2. The number of ether oxygens (including phenoxy) is 1. The number of hydrogen-bond donors (Lipinski definition) is 2. The van der Waals surface area contributed by atoms with Crippen LogP contribution < -0.4 is 0 Å². The second-order valence-corrected chi connectivity index (χ2v) is 15.7. The van der Waals surface area contributed by atoms with Crippen LogP contribution in [0.5, 0.6) is 0 Å². The van der Waals surface area contributed by atoms with Crippen molar-refractivity contribution in [2.45, 2.75) is 112 Å². The lowest BCUT2D eigenvalue weighted by molar-refractivity contribution is -0.202. The summed E-state index contributed by atoms with van der Waals surface area (Å²) >= 11 is 0. The monoisotopic (exact) mass is 500 g/mol. The molecule has 4 heteroatoms. The van der Waals surface area contributed by atoms with Gasteiger partial charge in [0.25, 0.3) is 0 Å². The highest BCUT2D eigenvalue weighted by atomic mass is 16.5. The van der Waals surface area contributed by atoms with Crippen LogP contribution in [-0.2, 0) is 9.53 Å². The molecular formula is C32H52O4. The van der Waals surface area contributed by atoms with E-state index in [2.05, 4.69) is 54.5 Å². The molecule has 0 bridgehead atoms. The number of hydrogen-bond acceptors (Lipinski definition) is 4. The summed E-state index contributed by atoms with van der Waals surface area (Å²) in [5, 5.41) is 20.1. The van der Waals surface area contributed by atoms with Crippen molar-refractivity contribution in [2.75, 3.05) is 19.8 Å². The average molecular weight is 501 g/mol. The average Bonchev–Trinajstić information content (AvgIpc) is 2.79. The maximum Gasteiger partial charge on any atom is 0.159 e. The van der Waals surface area contributed by atoms with Gasteiger partial charge in [0.1, 0.15) is 0 Å². The summed E-state index contributed by atoms with van der Waals surface area (Å²) in [5.74, 6) is 1.21. The standard InChI is InChI=1S/C32H52O4/c1-27(2)24-8-11-32(7)26(30(24,5)10-9-25(27)35)23(34)18-21-22-19-28(3,20-36-17-16-33)12-13-29(22,4)14-15-31(21,32)6/h18,22,24-26,33,35H,8-17,19-20H2,1-7H3/t22-,24?,25-,26?,28-,29+,30-,31+,32+/m0/s1. The molecule has 0 aromatic heterocycles. The molecule has 0 aliphatic heterocycles. The Kier molecular flexibility index (Phi) is 6.27. The van der Waals surface area contributed by atoms with Crippen LogP contribution in [0, 0.1) is 50.2 Å². The second kappa shape index (κ2) is 8.39. The van der Waals surface area contributed by atoms with Crippen LogP contribution in [-0.4, -0.2) is 41.9 Å². The van der Waals surface area contributed by atoms with Crippen LogP contribution in [0.15, 0.2) is 11.6 Å². The molecule has 2 unspecified atom stereocenters. The summed E-state index contributed by atoms with van der Waals surface area (Å²) in [6.45, 7) is 17.9. The highest BCUT2D eigenvalue weighted by Crippen LogP contribution is 2.75. The van der Waals surface area contributed by atoms with E-state index in [0.29, 0.717) is 30.8 Å².